The van der Waals surface area contributed by atoms with E-state index in [-0.39, 0.29) is 5.91 Å². The Bertz CT molecular complexity index is 735. The zero-order valence-corrected chi connectivity index (χ0v) is 16.4. The summed E-state index contributed by atoms with van der Waals surface area (Å²) in [6.45, 7) is 6.20. The van der Waals surface area contributed by atoms with Gasteiger partial charge in [0.15, 0.2) is 0 Å². The molecule has 6 nitrogen and oxygen atoms in total. The van der Waals surface area contributed by atoms with Crippen LogP contribution < -0.4 is 10.1 Å². The van der Waals surface area contributed by atoms with Gasteiger partial charge in [0.25, 0.3) is 0 Å². The van der Waals surface area contributed by atoms with Crippen molar-refractivity contribution in [2.45, 2.75) is 45.7 Å². The monoisotopic (exact) mass is 370 g/mol. The Morgan fingerprint density at radius 3 is 2.89 bits per heavy atom. The van der Waals surface area contributed by atoms with E-state index in [0.717, 1.165) is 62.7 Å². The molecule has 1 saturated heterocycles. The lowest BCUT2D eigenvalue weighted by Crippen LogP contribution is -2.34. The van der Waals surface area contributed by atoms with Gasteiger partial charge in [-0.1, -0.05) is 6.07 Å². The number of aryl methyl sites for hydroxylation is 1. The number of aromatic nitrogens is 2. The largest absolute Gasteiger partial charge is 0.497 e. The maximum Gasteiger partial charge on any atom is 0.224 e. The van der Waals surface area contributed by atoms with E-state index in [1.165, 1.54) is 0 Å². The van der Waals surface area contributed by atoms with E-state index in [1.54, 1.807) is 7.11 Å². The summed E-state index contributed by atoms with van der Waals surface area (Å²) < 4.78 is 7.39. The summed E-state index contributed by atoms with van der Waals surface area (Å²) >= 11 is 0. The quantitative estimate of drug-likeness (QED) is 0.772. The maximum absolute atomic E-state index is 12.2. The Balaban J connectivity index is 1.38. The molecule has 6 heteroatoms. The summed E-state index contributed by atoms with van der Waals surface area (Å²) in [6.07, 6.45) is 7.75. The lowest BCUT2D eigenvalue weighted by atomic mass is 9.92. The highest BCUT2D eigenvalue weighted by Crippen LogP contribution is 2.23. The number of hydrogen-bond donors (Lipinski definition) is 1. The van der Waals surface area contributed by atoms with E-state index in [4.69, 9.17) is 4.74 Å². The highest BCUT2D eigenvalue weighted by molar-refractivity contribution is 5.90. The van der Waals surface area contributed by atoms with Crippen LogP contribution in [0.25, 0.3) is 0 Å². The summed E-state index contributed by atoms with van der Waals surface area (Å²) in [7, 11) is 1.63. The Morgan fingerprint density at radius 2 is 2.15 bits per heavy atom. The smallest absolute Gasteiger partial charge is 0.224 e. The van der Waals surface area contributed by atoms with E-state index >= 15 is 0 Å². The van der Waals surface area contributed by atoms with Crippen molar-refractivity contribution in [1.82, 2.24) is 14.5 Å². The zero-order valence-electron chi connectivity index (χ0n) is 16.4. The Hall–Kier alpha value is -2.34. The van der Waals surface area contributed by atoms with Crippen LogP contribution in [0.15, 0.2) is 36.7 Å². The van der Waals surface area contributed by atoms with Gasteiger partial charge in [0.2, 0.25) is 5.91 Å². The number of piperidine rings is 1. The molecule has 1 aliphatic heterocycles. The van der Waals surface area contributed by atoms with Crippen LogP contribution in [0.1, 0.15) is 38.4 Å². The second-order valence-electron chi connectivity index (χ2n) is 7.17. The van der Waals surface area contributed by atoms with Crippen LogP contribution in [0.3, 0.4) is 0 Å². The predicted molar refractivity (Wildman–Crippen MR) is 107 cm³/mol. The van der Waals surface area contributed by atoms with E-state index in [9.17, 15) is 4.79 Å². The van der Waals surface area contributed by atoms with Crippen molar-refractivity contribution in [3.8, 4) is 5.75 Å². The number of carbonyl (C=O) groups excluding carboxylic acids is 1. The van der Waals surface area contributed by atoms with Crippen molar-refractivity contribution in [1.29, 1.82) is 0 Å². The molecular formula is C21H30N4O2. The van der Waals surface area contributed by atoms with E-state index in [1.807, 2.05) is 36.7 Å². The standard InChI is InChI=1S/C21H30N4O2/c1-3-25-14-11-22-20(25)16-24-12-9-17(10-13-24)7-8-21(26)23-18-5-4-6-19(15-18)27-2/h4-6,11,14-15,17H,3,7-10,12-13,16H2,1-2H3,(H,23,26). The third-order valence-corrected chi connectivity index (χ3v) is 5.35. The number of imidazole rings is 1. The summed E-state index contributed by atoms with van der Waals surface area (Å²) in [5, 5.41) is 2.97. The van der Waals surface area contributed by atoms with Gasteiger partial charge in [0, 0.05) is 37.1 Å². The van der Waals surface area contributed by atoms with Gasteiger partial charge in [0.1, 0.15) is 11.6 Å². The Morgan fingerprint density at radius 1 is 1.33 bits per heavy atom. The van der Waals surface area contributed by atoms with Crippen molar-refractivity contribution in [2.24, 2.45) is 5.92 Å². The summed E-state index contributed by atoms with van der Waals surface area (Å²) in [4.78, 5) is 19.2. The average Bonchev–Trinajstić information content (AvgIpc) is 3.14. The molecule has 1 amide bonds. The number of likely N-dealkylation sites (tertiary alicyclic amines) is 1. The van der Waals surface area contributed by atoms with Gasteiger partial charge < -0.3 is 14.6 Å². The molecule has 27 heavy (non-hydrogen) atoms. The molecule has 1 aromatic carbocycles. The van der Waals surface area contributed by atoms with Crippen molar-refractivity contribution < 1.29 is 9.53 Å². The number of benzene rings is 1. The van der Waals surface area contributed by atoms with E-state index in [2.05, 4.69) is 26.7 Å². The predicted octanol–water partition coefficient (Wildman–Crippen LogP) is 3.54. The number of rotatable bonds is 8. The molecule has 0 atom stereocenters. The minimum atomic E-state index is 0.0793. The van der Waals surface area contributed by atoms with Gasteiger partial charge in [-0.15, -0.1) is 0 Å². The van der Waals surface area contributed by atoms with Gasteiger partial charge in [0.05, 0.1) is 13.7 Å². The van der Waals surface area contributed by atoms with Crippen LogP contribution in [0.4, 0.5) is 5.69 Å². The molecule has 0 unspecified atom stereocenters. The summed E-state index contributed by atoms with van der Waals surface area (Å²) in [5.74, 6) is 2.61. The maximum atomic E-state index is 12.2. The highest BCUT2D eigenvalue weighted by atomic mass is 16.5. The molecule has 0 aliphatic carbocycles. The number of carbonyl (C=O) groups is 1. The van der Waals surface area contributed by atoms with Gasteiger partial charge >= 0.3 is 0 Å². The molecule has 0 saturated carbocycles. The molecule has 1 N–H and O–H groups in total. The molecule has 1 aromatic heterocycles. The van der Waals surface area contributed by atoms with Crippen LogP contribution in [-0.4, -0.2) is 40.6 Å². The first kappa shape index (κ1) is 19.4. The van der Waals surface area contributed by atoms with Crippen LogP contribution in [0, 0.1) is 5.92 Å². The third-order valence-electron chi connectivity index (χ3n) is 5.35. The fourth-order valence-corrected chi connectivity index (χ4v) is 3.67. The highest BCUT2D eigenvalue weighted by Gasteiger charge is 2.21. The first-order chi connectivity index (χ1) is 13.2. The minimum Gasteiger partial charge on any atom is -0.497 e. The molecule has 2 aromatic rings. The lowest BCUT2D eigenvalue weighted by molar-refractivity contribution is -0.116. The summed E-state index contributed by atoms with van der Waals surface area (Å²) in [6, 6.07) is 7.49. The van der Waals surface area contributed by atoms with Crippen molar-refractivity contribution in [3.63, 3.8) is 0 Å². The molecular weight excluding hydrogens is 340 g/mol. The molecule has 0 radical (unpaired) electrons. The third kappa shape index (κ3) is 5.57. The van der Waals surface area contributed by atoms with E-state index < -0.39 is 0 Å². The number of methoxy groups -OCH3 is 1. The summed E-state index contributed by atoms with van der Waals surface area (Å²) in [5.41, 5.74) is 0.792. The van der Waals surface area contributed by atoms with Crippen LogP contribution in [-0.2, 0) is 17.9 Å². The van der Waals surface area contributed by atoms with Gasteiger partial charge in [-0.05, 0) is 57.3 Å². The second-order valence-corrected chi connectivity index (χ2v) is 7.17. The van der Waals surface area contributed by atoms with Crippen molar-refractivity contribution >= 4 is 11.6 Å². The molecule has 0 bridgehead atoms. The topological polar surface area (TPSA) is 59.4 Å². The lowest BCUT2D eigenvalue weighted by Gasteiger charge is -2.31. The van der Waals surface area contributed by atoms with E-state index in [0.29, 0.717) is 12.3 Å². The zero-order chi connectivity index (χ0) is 19.1. The fraction of sp³-hybridized carbons (Fsp3) is 0.524. The first-order valence-corrected chi connectivity index (χ1v) is 9.84. The van der Waals surface area contributed by atoms with Crippen LogP contribution >= 0.6 is 0 Å². The number of nitrogens with one attached hydrogen (secondary N) is 1. The van der Waals surface area contributed by atoms with Crippen molar-refractivity contribution in [3.05, 3.63) is 42.5 Å². The molecule has 0 spiro atoms. The molecule has 1 aliphatic rings. The fourth-order valence-electron chi connectivity index (χ4n) is 3.67. The number of ether oxygens (including phenoxy) is 1. The van der Waals surface area contributed by atoms with Gasteiger partial charge in [-0.3, -0.25) is 9.69 Å². The SMILES string of the molecule is CCn1ccnc1CN1CCC(CCC(=O)Nc2cccc(OC)c2)CC1. The molecule has 1 fully saturated rings. The molecule has 146 valence electrons. The van der Waals surface area contributed by atoms with Crippen LogP contribution in [0.2, 0.25) is 0 Å². The number of anilines is 1. The average molecular weight is 370 g/mol. The number of nitrogens with zero attached hydrogens (tertiary/aromatic N) is 3. The first-order valence-electron chi connectivity index (χ1n) is 9.84. The minimum absolute atomic E-state index is 0.0793. The second kappa shape index (κ2) is 9.55. The van der Waals surface area contributed by atoms with Crippen LogP contribution in [0.5, 0.6) is 5.75 Å². The van der Waals surface area contributed by atoms with Crippen molar-refractivity contribution in [2.75, 3.05) is 25.5 Å². The Kier molecular flexibility index (Phi) is 6.87. The van der Waals surface area contributed by atoms with Gasteiger partial charge in [-0.25, -0.2) is 4.98 Å². The normalized spacial score (nSPS) is 15.6. The molecule has 2 heterocycles. The number of amides is 1. The van der Waals surface area contributed by atoms with Gasteiger partial charge in [-0.2, -0.15) is 0 Å². The molecule has 3 rings (SSSR count). The number of hydrogen-bond acceptors (Lipinski definition) is 4. The Labute approximate surface area is 161 Å².